The van der Waals surface area contributed by atoms with Gasteiger partial charge in [0, 0.05) is 0 Å². The molecule has 0 bridgehead atoms. The largest absolute Gasteiger partial charge is 0.369 e. The molecule has 0 aromatic heterocycles. The maximum Gasteiger partial charge on any atom is 0.369 e. The van der Waals surface area contributed by atoms with Crippen LogP contribution in [0.3, 0.4) is 0 Å². The molecule has 0 fully saturated rings. The van der Waals surface area contributed by atoms with E-state index >= 15 is 0 Å². The fourth-order valence-electron chi connectivity index (χ4n) is 0.752. The zero-order chi connectivity index (χ0) is 12.3. The number of thiol groups is 1. The Morgan fingerprint density at radius 1 is 1.67 bits per heavy atom. The first-order valence-electron chi connectivity index (χ1n) is 4.47. The molecular formula is C10H18FO2PS. The number of hydrogen-bond donors (Lipinski definition) is 2. The third-order valence-electron chi connectivity index (χ3n) is 1.09. The van der Waals surface area contributed by atoms with Crippen molar-refractivity contribution in [2.75, 3.05) is 11.9 Å². The molecule has 0 rings (SSSR count). The van der Waals surface area contributed by atoms with E-state index in [-0.39, 0.29) is 0 Å². The van der Waals surface area contributed by atoms with E-state index in [2.05, 4.69) is 19.2 Å². The predicted octanol–water partition coefficient (Wildman–Crippen LogP) is 3.77. The van der Waals surface area contributed by atoms with Gasteiger partial charge in [0.15, 0.2) is 0 Å². The minimum absolute atomic E-state index is 0.455. The Hall–Kier alpha value is -0.310. The quantitative estimate of drug-likeness (QED) is 0.454. The van der Waals surface area contributed by atoms with Gasteiger partial charge in [-0.25, -0.2) is 0 Å². The Balaban J connectivity index is 0. The molecule has 0 aliphatic rings. The Morgan fingerprint density at radius 3 is 2.40 bits per heavy atom. The molecule has 0 saturated heterocycles. The van der Waals surface area contributed by atoms with Crippen LogP contribution in [0.5, 0.6) is 0 Å². The topological polar surface area (TPSA) is 37.3 Å². The van der Waals surface area contributed by atoms with Crippen molar-refractivity contribution >= 4 is 20.3 Å². The molecule has 1 unspecified atom stereocenters. The smallest absolute Gasteiger partial charge is 0.321 e. The SMILES string of the molecule is C=C/C=C(\C=C/C)CP(=O)(O)F.CCS. The second-order valence-electron chi connectivity index (χ2n) is 2.57. The maximum absolute atomic E-state index is 12.3. The molecule has 1 atom stereocenters. The monoisotopic (exact) mass is 252 g/mol. The fourth-order valence-corrected chi connectivity index (χ4v) is 1.41. The van der Waals surface area contributed by atoms with Crippen LogP contribution in [0.15, 0.2) is 36.5 Å². The summed E-state index contributed by atoms with van der Waals surface area (Å²) in [6, 6.07) is 0. The summed E-state index contributed by atoms with van der Waals surface area (Å²) in [5.74, 6) is 0.944. The Morgan fingerprint density at radius 2 is 2.13 bits per heavy atom. The molecule has 0 radical (unpaired) electrons. The van der Waals surface area contributed by atoms with Crippen LogP contribution in [-0.2, 0) is 4.57 Å². The predicted molar refractivity (Wildman–Crippen MR) is 68.4 cm³/mol. The lowest BCUT2D eigenvalue weighted by atomic mass is 10.2. The summed E-state index contributed by atoms with van der Waals surface area (Å²) in [7, 11) is -4.45. The fraction of sp³-hybridized carbons (Fsp3) is 0.400. The van der Waals surface area contributed by atoms with Crippen LogP contribution < -0.4 is 0 Å². The van der Waals surface area contributed by atoms with E-state index in [9.17, 15) is 8.76 Å². The van der Waals surface area contributed by atoms with E-state index < -0.39 is 13.8 Å². The molecule has 5 heteroatoms. The lowest BCUT2D eigenvalue weighted by Crippen LogP contribution is -1.86. The first-order valence-corrected chi connectivity index (χ1v) is 6.84. The van der Waals surface area contributed by atoms with E-state index in [1.54, 1.807) is 19.1 Å². The van der Waals surface area contributed by atoms with Crippen LogP contribution in [-0.4, -0.2) is 16.8 Å². The van der Waals surface area contributed by atoms with Gasteiger partial charge in [0.05, 0.1) is 6.16 Å². The normalized spacial score (nSPS) is 15.4. The first kappa shape index (κ1) is 17.1. The zero-order valence-corrected chi connectivity index (χ0v) is 10.8. The van der Waals surface area contributed by atoms with Gasteiger partial charge in [-0.3, -0.25) is 4.57 Å². The summed E-state index contributed by atoms with van der Waals surface area (Å²) in [4.78, 5) is 8.42. The van der Waals surface area contributed by atoms with E-state index in [0.717, 1.165) is 5.75 Å². The van der Waals surface area contributed by atoms with Crippen molar-refractivity contribution in [1.82, 2.24) is 0 Å². The molecule has 0 aliphatic carbocycles. The molecule has 88 valence electrons. The highest BCUT2D eigenvalue weighted by Crippen LogP contribution is 2.43. The van der Waals surface area contributed by atoms with Crippen molar-refractivity contribution in [2.24, 2.45) is 0 Å². The number of allylic oxidation sites excluding steroid dienone is 5. The summed E-state index contributed by atoms with van der Waals surface area (Å²) in [5.41, 5.74) is 0.459. The van der Waals surface area contributed by atoms with Gasteiger partial charge in [-0.05, 0) is 18.2 Å². The highest BCUT2D eigenvalue weighted by atomic mass is 32.1. The number of rotatable bonds is 4. The van der Waals surface area contributed by atoms with Crippen molar-refractivity contribution in [2.45, 2.75) is 13.8 Å². The van der Waals surface area contributed by atoms with Gasteiger partial charge in [0.25, 0.3) is 0 Å². The summed E-state index contributed by atoms with van der Waals surface area (Å²) in [6.07, 6.45) is 5.74. The van der Waals surface area contributed by atoms with Gasteiger partial charge in [-0.1, -0.05) is 37.8 Å². The van der Waals surface area contributed by atoms with Gasteiger partial charge in [0.2, 0.25) is 0 Å². The second kappa shape index (κ2) is 10.2. The third-order valence-corrected chi connectivity index (χ3v) is 1.85. The summed E-state index contributed by atoms with van der Waals surface area (Å²) in [5, 5.41) is 0. The van der Waals surface area contributed by atoms with Gasteiger partial charge < -0.3 is 4.89 Å². The van der Waals surface area contributed by atoms with Crippen molar-refractivity contribution < 1.29 is 13.7 Å². The molecule has 0 heterocycles. The molecule has 0 aliphatic heterocycles. The molecule has 0 saturated carbocycles. The lowest BCUT2D eigenvalue weighted by molar-refractivity contribution is 0.433. The van der Waals surface area contributed by atoms with E-state index in [1.807, 2.05) is 6.92 Å². The van der Waals surface area contributed by atoms with E-state index in [4.69, 9.17) is 4.89 Å². The third kappa shape index (κ3) is 16.4. The van der Waals surface area contributed by atoms with Gasteiger partial charge in [-0.2, -0.15) is 16.8 Å². The van der Waals surface area contributed by atoms with Crippen LogP contribution in [0.2, 0.25) is 0 Å². The van der Waals surface area contributed by atoms with Crippen LogP contribution in [0.25, 0.3) is 0 Å². The second-order valence-corrected chi connectivity index (χ2v) is 4.75. The van der Waals surface area contributed by atoms with E-state index in [1.165, 1.54) is 12.2 Å². The molecule has 0 aromatic rings. The van der Waals surface area contributed by atoms with Crippen LogP contribution >= 0.6 is 20.3 Å². The average Bonchev–Trinajstić information content (AvgIpc) is 2.03. The van der Waals surface area contributed by atoms with Crippen LogP contribution in [0.1, 0.15) is 13.8 Å². The van der Waals surface area contributed by atoms with Crippen molar-refractivity contribution in [3.05, 3.63) is 36.5 Å². The van der Waals surface area contributed by atoms with Crippen LogP contribution in [0.4, 0.5) is 4.20 Å². The molecule has 0 aromatic carbocycles. The summed E-state index contributed by atoms with van der Waals surface area (Å²) in [6.45, 7) is 7.15. The maximum atomic E-state index is 12.3. The number of halogens is 1. The minimum atomic E-state index is -4.45. The van der Waals surface area contributed by atoms with Crippen molar-refractivity contribution in [3.8, 4) is 0 Å². The van der Waals surface area contributed by atoms with Crippen molar-refractivity contribution in [1.29, 1.82) is 0 Å². The highest BCUT2D eigenvalue weighted by Gasteiger charge is 2.16. The molecule has 15 heavy (non-hydrogen) atoms. The van der Waals surface area contributed by atoms with Gasteiger partial charge in [0.1, 0.15) is 0 Å². The average molecular weight is 252 g/mol. The molecule has 0 amide bonds. The highest BCUT2D eigenvalue weighted by molar-refractivity contribution is 7.80. The zero-order valence-electron chi connectivity index (χ0n) is 9.06. The minimum Gasteiger partial charge on any atom is -0.321 e. The Kier molecular flexibility index (Phi) is 11.6. The molecule has 2 nitrogen and oxygen atoms in total. The van der Waals surface area contributed by atoms with Crippen molar-refractivity contribution in [3.63, 3.8) is 0 Å². The Bertz CT molecular complexity index is 269. The molecular weight excluding hydrogens is 234 g/mol. The van der Waals surface area contributed by atoms with Gasteiger partial charge >= 0.3 is 7.68 Å². The molecule has 0 spiro atoms. The molecule has 1 N–H and O–H groups in total. The standard InChI is InChI=1S/C8H12FO2P.C2H6S/c1-3-5-8(6-4-2)7-12(9,10)11;1-2-3/h3-6H,1,7H2,2H3,(H,10,11);3H,2H2,1H3/b6-4-,8-5+;. The Labute approximate surface area is 96.6 Å². The van der Waals surface area contributed by atoms with Crippen LogP contribution in [0, 0.1) is 0 Å². The lowest BCUT2D eigenvalue weighted by Gasteiger charge is -2.00. The summed E-state index contributed by atoms with van der Waals surface area (Å²) >= 11 is 3.79. The first-order chi connectivity index (χ1) is 6.91. The summed E-state index contributed by atoms with van der Waals surface area (Å²) < 4.78 is 22.6. The van der Waals surface area contributed by atoms with E-state index in [0.29, 0.717) is 5.57 Å². The van der Waals surface area contributed by atoms with Gasteiger partial charge in [-0.15, -0.1) is 0 Å². The number of hydrogen-bond acceptors (Lipinski definition) is 2.